The van der Waals surface area contributed by atoms with Crippen LogP contribution in [0.1, 0.15) is 12.8 Å². The Labute approximate surface area is 99.8 Å². The molecule has 16 heavy (non-hydrogen) atoms. The Kier molecular flexibility index (Phi) is 5.28. The van der Waals surface area contributed by atoms with Crippen LogP contribution in [0, 0.1) is 0 Å². The summed E-state index contributed by atoms with van der Waals surface area (Å²) in [5.41, 5.74) is 0.232. The quantitative estimate of drug-likeness (QED) is 0.738. The zero-order chi connectivity index (χ0) is 12.0. The van der Waals surface area contributed by atoms with E-state index in [1.54, 1.807) is 0 Å². The molecule has 0 saturated heterocycles. The van der Waals surface area contributed by atoms with Gasteiger partial charge in [-0.1, -0.05) is 11.6 Å². The van der Waals surface area contributed by atoms with Crippen LogP contribution in [0.15, 0.2) is 11.0 Å². The van der Waals surface area contributed by atoms with Crippen LogP contribution in [-0.4, -0.2) is 42.3 Å². The molecule has 0 aliphatic heterocycles. The van der Waals surface area contributed by atoms with Crippen LogP contribution in [0.5, 0.6) is 0 Å². The third-order valence-corrected chi connectivity index (χ3v) is 2.52. The molecule has 90 valence electrons. The fourth-order valence-electron chi connectivity index (χ4n) is 1.28. The molecule has 0 bridgehead atoms. The predicted molar refractivity (Wildman–Crippen MR) is 66.1 cm³/mol. The van der Waals surface area contributed by atoms with Gasteiger partial charge < -0.3 is 10.2 Å². The molecule has 5 nitrogen and oxygen atoms in total. The largest absolute Gasteiger partial charge is 0.382 e. The number of aromatic nitrogens is 2. The van der Waals surface area contributed by atoms with E-state index in [0.29, 0.717) is 5.69 Å². The van der Waals surface area contributed by atoms with Gasteiger partial charge in [-0.05, 0) is 33.5 Å². The third kappa shape index (κ3) is 4.20. The predicted octanol–water partition coefficient (Wildman–Crippen LogP) is 1.18. The number of hydrogen-bond donors (Lipinski definition) is 2. The first-order chi connectivity index (χ1) is 7.61. The summed E-state index contributed by atoms with van der Waals surface area (Å²) in [5, 5.41) is 9.22. The standard InChI is InChI=1S/C10H17ClN4O/c1-15(2)6-4-3-5-12-8-7-13-14-10(16)9(8)11/h7H,3-6H2,1-2H3,(H2,12,14,16). The second-order valence-electron chi connectivity index (χ2n) is 3.86. The summed E-state index contributed by atoms with van der Waals surface area (Å²) in [6.07, 6.45) is 3.66. The van der Waals surface area contributed by atoms with Crippen LogP contribution < -0.4 is 10.9 Å². The zero-order valence-corrected chi connectivity index (χ0v) is 10.3. The van der Waals surface area contributed by atoms with Crippen molar-refractivity contribution in [3.63, 3.8) is 0 Å². The van der Waals surface area contributed by atoms with Gasteiger partial charge in [0.15, 0.2) is 0 Å². The highest BCUT2D eigenvalue weighted by Gasteiger charge is 2.03. The Morgan fingerprint density at radius 1 is 1.50 bits per heavy atom. The monoisotopic (exact) mass is 244 g/mol. The minimum absolute atomic E-state index is 0.169. The summed E-state index contributed by atoms with van der Waals surface area (Å²) in [6, 6.07) is 0. The highest BCUT2D eigenvalue weighted by molar-refractivity contribution is 6.32. The van der Waals surface area contributed by atoms with Crippen molar-refractivity contribution in [2.45, 2.75) is 12.8 Å². The summed E-state index contributed by atoms with van der Waals surface area (Å²) in [4.78, 5) is 13.3. The highest BCUT2D eigenvalue weighted by atomic mass is 35.5. The summed E-state index contributed by atoms with van der Waals surface area (Å²) in [6.45, 7) is 1.85. The van der Waals surface area contributed by atoms with Gasteiger partial charge in [-0.25, -0.2) is 5.10 Å². The lowest BCUT2D eigenvalue weighted by Crippen LogP contribution is -2.15. The van der Waals surface area contributed by atoms with Crippen molar-refractivity contribution >= 4 is 17.3 Å². The number of unbranched alkanes of at least 4 members (excludes halogenated alkanes) is 1. The number of anilines is 1. The van der Waals surface area contributed by atoms with E-state index in [9.17, 15) is 4.79 Å². The smallest absolute Gasteiger partial charge is 0.285 e. The second-order valence-corrected chi connectivity index (χ2v) is 4.24. The maximum Gasteiger partial charge on any atom is 0.285 e. The summed E-state index contributed by atoms with van der Waals surface area (Å²) in [5.74, 6) is 0. The van der Waals surface area contributed by atoms with Gasteiger partial charge in [0.2, 0.25) is 0 Å². The molecule has 0 amide bonds. The van der Waals surface area contributed by atoms with Gasteiger partial charge in [-0.2, -0.15) is 5.10 Å². The summed E-state index contributed by atoms with van der Waals surface area (Å²) >= 11 is 5.80. The Morgan fingerprint density at radius 2 is 2.25 bits per heavy atom. The number of H-pyrrole nitrogens is 1. The van der Waals surface area contributed by atoms with E-state index >= 15 is 0 Å². The maximum absolute atomic E-state index is 11.1. The average Bonchev–Trinajstić information content (AvgIpc) is 2.23. The zero-order valence-electron chi connectivity index (χ0n) is 9.59. The number of hydrogen-bond acceptors (Lipinski definition) is 4. The van der Waals surface area contributed by atoms with E-state index < -0.39 is 0 Å². The Hall–Kier alpha value is -1.07. The van der Waals surface area contributed by atoms with Crippen molar-refractivity contribution < 1.29 is 0 Å². The Balaban J connectivity index is 2.32. The second kappa shape index (κ2) is 6.50. The minimum Gasteiger partial charge on any atom is -0.382 e. The minimum atomic E-state index is -0.361. The first kappa shape index (κ1) is 13.0. The fourth-order valence-corrected chi connectivity index (χ4v) is 1.44. The van der Waals surface area contributed by atoms with E-state index in [1.807, 2.05) is 14.1 Å². The van der Waals surface area contributed by atoms with Crippen LogP contribution in [0.25, 0.3) is 0 Å². The lowest BCUT2D eigenvalue weighted by Gasteiger charge is -2.10. The molecular weight excluding hydrogens is 228 g/mol. The van der Waals surface area contributed by atoms with Crippen LogP contribution >= 0.6 is 11.6 Å². The summed E-state index contributed by atoms with van der Waals surface area (Å²) in [7, 11) is 4.09. The van der Waals surface area contributed by atoms with Gasteiger partial charge in [0, 0.05) is 6.54 Å². The molecule has 0 aliphatic carbocycles. The van der Waals surface area contributed by atoms with Gasteiger partial charge >= 0.3 is 0 Å². The SMILES string of the molecule is CN(C)CCCCNc1cn[nH]c(=O)c1Cl. The van der Waals surface area contributed by atoms with Crippen molar-refractivity contribution in [1.82, 2.24) is 15.1 Å². The highest BCUT2D eigenvalue weighted by Crippen LogP contribution is 2.13. The number of rotatable bonds is 6. The van der Waals surface area contributed by atoms with Gasteiger partial charge in [0.1, 0.15) is 5.02 Å². The van der Waals surface area contributed by atoms with E-state index in [2.05, 4.69) is 20.4 Å². The van der Waals surface area contributed by atoms with Crippen LogP contribution in [-0.2, 0) is 0 Å². The van der Waals surface area contributed by atoms with Crippen molar-refractivity contribution in [2.75, 3.05) is 32.5 Å². The van der Waals surface area contributed by atoms with E-state index in [1.165, 1.54) is 6.20 Å². The molecule has 1 aromatic rings. The Bertz CT molecular complexity index is 377. The van der Waals surface area contributed by atoms with Crippen molar-refractivity contribution in [3.05, 3.63) is 21.6 Å². The molecule has 0 unspecified atom stereocenters. The molecule has 6 heteroatoms. The first-order valence-electron chi connectivity index (χ1n) is 5.23. The van der Waals surface area contributed by atoms with Crippen molar-refractivity contribution in [2.24, 2.45) is 0 Å². The molecule has 0 fully saturated rings. The van der Waals surface area contributed by atoms with Crippen LogP contribution in [0.4, 0.5) is 5.69 Å². The van der Waals surface area contributed by atoms with Gasteiger partial charge in [0.05, 0.1) is 11.9 Å². The molecule has 0 radical (unpaired) electrons. The third-order valence-electron chi connectivity index (χ3n) is 2.14. The van der Waals surface area contributed by atoms with E-state index in [4.69, 9.17) is 11.6 Å². The number of aromatic amines is 1. The molecular formula is C10H17ClN4O. The van der Waals surface area contributed by atoms with Gasteiger partial charge in [0.25, 0.3) is 5.56 Å². The van der Waals surface area contributed by atoms with E-state index in [0.717, 1.165) is 25.9 Å². The average molecular weight is 245 g/mol. The molecule has 1 aromatic heterocycles. The van der Waals surface area contributed by atoms with Crippen LogP contribution in [0.3, 0.4) is 0 Å². The molecule has 0 atom stereocenters. The van der Waals surface area contributed by atoms with Gasteiger partial charge in [-0.3, -0.25) is 4.79 Å². The van der Waals surface area contributed by atoms with Gasteiger partial charge in [-0.15, -0.1) is 0 Å². The normalized spacial score (nSPS) is 10.8. The fraction of sp³-hybridized carbons (Fsp3) is 0.600. The molecule has 2 N–H and O–H groups in total. The molecule has 1 heterocycles. The lowest BCUT2D eigenvalue weighted by atomic mass is 10.3. The molecule has 0 spiro atoms. The topological polar surface area (TPSA) is 61.0 Å². The lowest BCUT2D eigenvalue weighted by molar-refractivity contribution is 0.396. The number of halogens is 1. The first-order valence-corrected chi connectivity index (χ1v) is 5.61. The molecule has 1 rings (SSSR count). The van der Waals surface area contributed by atoms with Crippen molar-refractivity contribution in [1.29, 1.82) is 0 Å². The van der Waals surface area contributed by atoms with Crippen molar-refractivity contribution in [3.8, 4) is 0 Å². The molecule has 0 aromatic carbocycles. The molecule has 0 aliphatic rings. The van der Waals surface area contributed by atoms with E-state index in [-0.39, 0.29) is 10.6 Å². The molecule has 0 saturated carbocycles. The Morgan fingerprint density at radius 3 is 2.94 bits per heavy atom. The summed E-state index contributed by atoms with van der Waals surface area (Å²) < 4.78 is 0. The number of nitrogens with zero attached hydrogens (tertiary/aromatic N) is 2. The van der Waals surface area contributed by atoms with Crippen LogP contribution in [0.2, 0.25) is 5.02 Å². The maximum atomic E-state index is 11.1. The number of nitrogens with one attached hydrogen (secondary N) is 2.